The zero-order chi connectivity index (χ0) is 32.3. The molecule has 2 aromatic carbocycles. The van der Waals surface area contributed by atoms with Gasteiger partial charge < -0.3 is 34.6 Å². The number of aliphatic hydroxyl groups is 1. The number of fused-ring (bicyclic) bond motifs is 9. The first-order valence-electron chi connectivity index (χ1n) is 16.6. The van der Waals surface area contributed by atoms with Gasteiger partial charge in [0.2, 0.25) is 23.6 Å². The van der Waals surface area contributed by atoms with Crippen LogP contribution in [0.15, 0.2) is 48.5 Å². The lowest BCUT2D eigenvalue weighted by Gasteiger charge is -2.39. The van der Waals surface area contributed by atoms with Crippen LogP contribution in [0.5, 0.6) is 11.5 Å². The van der Waals surface area contributed by atoms with Gasteiger partial charge in [-0.3, -0.25) is 19.2 Å². The first kappa shape index (κ1) is 33.4. The Morgan fingerprint density at radius 2 is 1.70 bits per heavy atom. The molecule has 248 valence electrons. The Kier molecular flexibility index (Phi) is 12.0. The standard InChI is InChI=1S/C35H46N4O7/c40-21-5-18-38-24-32(41)36-30-23-39(35(44)16-20-37-17-3-1-2-8-33(37)42)19-15-31(30)45-25-27-6-4-7-29(22-27)46-28-12-9-26(10-13-28)11-14-34(38)43/h4,6-7,9-10,12-13,22,30-31,40H,1-3,5,8,11,14-21,23-25H2,(H,36,41)/t30-,31-/m0/s1. The van der Waals surface area contributed by atoms with Crippen LogP contribution in [-0.2, 0) is 36.9 Å². The van der Waals surface area contributed by atoms with E-state index < -0.39 is 6.04 Å². The summed E-state index contributed by atoms with van der Waals surface area (Å²) < 4.78 is 12.5. The van der Waals surface area contributed by atoms with E-state index >= 15 is 0 Å². The van der Waals surface area contributed by atoms with Gasteiger partial charge in [-0.05, 0) is 67.5 Å². The number of benzene rings is 2. The number of nitrogens with one attached hydrogen (secondary N) is 1. The van der Waals surface area contributed by atoms with Crippen molar-refractivity contribution in [1.82, 2.24) is 20.0 Å². The van der Waals surface area contributed by atoms with Crippen LogP contribution in [0.3, 0.4) is 0 Å². The molecule has 4 heterocycles. The van der Waals surface area contributed by atoms with Crippen molar-refractivity contribution in [2.75, 3.05) is 45.9 Å². The predicted octanol–water partition coefficient (Wildman–Crippen LogP) is 3.03. The molecule has 0 aromatic heterocycles. The summed E-state index contributed by atoms with van der Waals surface area (Å²) in [5.41, 5.74) is 1.89. The summed E-state index contributed by atoms with van der Waals surface area (Å²) in [6, 6.07) is 14.8. The number of nitrogens with zero attached hydrogens (tertiary/aromatic N) is 3. The maximum Gasteiger partial charge on any atom is 0.239 e. The average molecular weight is 635 g/mol. The molecule has 2 aromatic rings. The highest BCUT2D eigenvalue weighted by Crippen LogP contribution is 2.25. The summed E-state index contributed by atoms with van der Waals surface area (Å²) in [5.74, 6) is 0.895. The number of piperidine rings is 1. The van der Waals surface area contributed by atoms with Crippen molar-refractivity contribution in [1.29, 1.82) is 0 Å². The Morgan fingerprint density at radius 3 is 2.52 bits per heavy atom. The van der Waals surface area contributed by atoms with E-state index in [4.69, 9.17) is 9.47 Å². The molecule has 2 atom stereocenters. The fraction of sp³-hybridized carbons (Fsp3) is 0.543. The molecule has 4 bridgehead atoms. The molecular weight excluding hydrogens is 588 g/mol. The van der Waals surface area contributed by atoms with Crippen LogP contribution in [0.4, 0.5) is 0 Å². The van der Waals surface area contributed by atoms with E-state index in [9.17, 15) is 24.3 Å². The van der Waals surface area contributed by atoms with Crippen LogP contribution in [0.1, 0.15) is 62.5 Å². The van der Waals surface area contributed by atoms with Crippen LogP contribution >= 0.6 is 0 Å². The molecule has 11 nitrogen and oxygen atoms in total. The van der Waals surface area contributed by atoms with E-state index in [1.807, 2.05) is 48.5 Å². The minimum atomic E-state index is -0.489. The Balaban J connectivity index is 1.31. The molecule has 4 aliphatic rings. The lowest BCUT2D eigenvalue weighted by atomic mass is 10.0. The zero-order valence-corrected chi connectivity index (χ0v) is 26.5. The number of rotatable bonds is 6. The Labute approximate surface area is 270 Å². The van der Waals surface area contributed by atoms with Gasteiger partial charge in [0.25, 0.3) is 0 Å². The number of likely N-dealkylation sites (tertiary alicyclic amines) is 2. The van der Waals surface area contributed by atoms with Crippen LogP contribution < -0.4 is 10.1 Å². The Bertz CT molecular complexity index is 1350. The van der Waals surface area contributed by atoms with Crippen molar-refractivity contribution in [2.45, 2.75) is 76.5 Å². The fourth-order valence-corrected chi connectivity index (χ4v) is 6.31. The van der Waals surface area contributed by atoms with Gasteiger partial charge in [-0.1, -0.05) is 30.7 Å². The molecule has 6 rings (SSSR count). The first-order valence-corrected chi connectivity index (χ1v) is 16.6. The SMILES string of the molecule is O=C1CN(CCCO)C(=O)CCc2ccc(cc2)Oc2cccc(c2)CO[C@H]2CCN(C(=O)CCN3CCCCCC3=O)C[C@@H]2N1. The third-order valence-corrected chi connectivity index (χ3v) is 8.94. The molecule has 0 saturated carbocycles. The number of aryl methyl sites for hydroxylation is 1. The average Bonchev–Trinajstić information content (AvgIpc) is 3.27. The minimum absolute atomic E-state index is 0.0586. The van der Waals surface area contributed by atoms with Crippen molar-refractivity contribution in [3.63, 3.8) is 0 Å². The second-order valence-corrected chi connectivity index (χ2v) is 12.4. The zero-order valence-electron chi connectivity index (χ0n) is 26.5. The van der Waals surface area contributed by atoms with Gasteiger partial charge in [-0.25, -0.2) is 0 Å². The molecule has 11 heteroatoms. The van der Waals surface area contributed by atoms with Crippen molar-refractivity contribution in [3.8, 4) is 11.5 Å². The summed E-state index contributed by atoms with van der Waals surface area (Å²) in [6.07, 6.45) is 4.89. The molecule has 2 saturated heterocycles. The predicted molar refractivity (Wildman–Crippen MR) is 171 cm³/mol. The highest BCUT2D eigenvalue weighted by atomic mass is 16.5. The fourth-order valence-electron chi connectivity index (χ4n) is 6.31. The summed E-state index contributed by atoms with van der Waals surface area (Å²) >= 11 is 0. The van der Waals surface area contributed by atoms with Crippen LogP contribution in [-0.4, -0.2) is 101 Å². The van der Waals surface area contributed by atoms with Crippen molar-refractivity contribution in [3.05, 3.63) is 59.7 Å². The van der Waals surface area contributed by atoms with Crippen LogP contribution in [0, 0.1) is 0 Å². The second kappa shape index (κ2) is 16.6. The lowest BCUT2D eigenvalue weighted by Crippen LogP contribution is -2.58. The maximum absolute atomic E-state index is 13.4. The molecule has 4 aliphatic heterocycles. The molecule has 2 fully saturated rings. The van der Waals surface area contributed by atoms with Gasteiger partial charge in [0, 0.05) is 58.6 Å². The van der Waals surface area contributed by atoms with E-state index in [1.54, 1.807) is 9.80 Å². The number of ether oxygens (including phenoxy) is 2. The number of aliphatic hydroxyl groups excluding tert-OH is 1. The van der Waals surface area contributed by atoms with Gasteiger partial charge in [0.1, 0.15) is 11.5 Å². The number of carbonyl (C=O) groups excluding carboxylic acids is 4. The molecule has 0 aliphatic carbocycles. The van der Waals surface area contributed by atoms with E-state index in [0.717, 1.165) is 30.4 Å². The lowest BCUT2D eigenvalue weighted by molar-refractivity contribution is -0.140. The highest BCUT2D eigenvalue weighted by Gasteiger charge is 2.34. The summed E-state index contributed by atoms with van der Waals surface area (Å²) in [7, 11) is 0. The minimum Gasteiger partial charge on any atom is -0.457 e. The topological polar surface area (TPSA) is 129 Å². The van der Waals surface area contributed by atoms with E-state index in [0.29, 0.717) is 63.4 Å². The molecule has 0 spiro atoms. The molecule has 4 amide bonds. The maximum atomic E-state index is 13.4. The Morgan fingerprint density at radius 1 is 0.870 bits per heavy atom. The largest absolute Gasteiger partial charge is 0.457 e. The second-order valence-electron chi connectivity index (χ2n) is 12.4. The van der Waals surface area contributed by atoms with Crippen molar-refractivity contribution >= 4 is 23.6 Å². The number of hydrogen-bond donors (Lipinski definition) is 2. The van der Waals surface area contributed by atoms with Gasteiger partial charge >= 0.3 is 0 Å². The highest BCUT2D eigenvalue weighted by molar-refractivity contribution is 5.85. The monoisotopic (exact) mass is 634 g/mol. The molecular formula is C35H46N4O7. The van der Waals surface area contributed by atoms with Gasteiger partial charge in [-0.2, -0.15) is 0 Å². The number of carbonyl (C=O) groups is 4. The first-order chi connectivity index (χ1) is 22.4. The van der Waals surface area contributed by atoms with Crippen molar-refractivity contribution < 1.29 is 33.8 Å². The third-order valence-electron chi connectivity index (χ3n) is 8.94. The third kappa shape index (κ3) is 9.53. The van der Waals surface area contributed by atoms with Crippen LogP contribution in [0.2, 0.25) is 0 Å². The Hall–Kier alpha value is -3.96. The number of hydrogen-bond acceptors (Lipinski definition) is 7. The quantitative estimate of drug-likeness (QED) is 0.500. The van der Waals surface area contributed by atoms with Gasteiger partial charge in [0.05, 0.1) is 25.3 Å². The normalized spacial score (nSPS) is 21.8. The number of amides is 4. The molecule has 2 N–H and O–H groups in total. The van der Waals surface area contributed by atoms with Gasteiger partial charge in [0.15, 0.2) is 0 Å². The van der Waals surface area contributed by atoms with E-state index in [2.05, 4.69) is 5.32 Å². The molecule has 0 radical (unpaired) electrons. The van der Waals surface area contributed by atoms with Gasteiger partial charge in [-0.15, -0.1) is 0 Å². The molecule has 46 heavy (non-hydrogen) atoms. The van der Waals surface area contributed by atoms with E-state index in [1.165, 1.54) is 4.90 Å². The van der Waals surface area contributed by atoms with Crippen LogP contribution in [0.25, 0.3) is 0 Å². The summed E-state index contributed by atoms with van der Waals surface area (Å²) in [6.45, 7) is 2.14. The molecule has 0 unspecified atom stereocenters. The summed E-state index contributed by atoms with van der Waals surface area (Å²) in [4.78, 5) is 57.4. The van der Waals surface area contributed by atoms with E-state index in [-0.39, 0.29) is 68.8 Å². The van der Waals surface area contributed by atoms with Crippen molar-refractivity contribution in [2.24, 2.45) is 0 Å². The smallest absolute Gasteiger partial charge is 0.239 e. The summed E-state index contributed by atoms with van der Waals surface area (Å²) in [5, 5.41) is 12.5.